The van der Waals surface area contributed by atoms with E-state index in [1.807, 2.05) is 66.7 Å². The molecule has 0 aliphatic heterocycles. The summed E-state index contributed by atoms with van der Waals surface area (Å²) < 4.78 is 6.67. The molecule has 0 heterocycles. The number of ether oxygens (including phenoxy) is 1. The first-order valence-electron chi connectivity index (χ1n) is 9.50. The number of rotatable bonds is 5. The molecule has 148 valence electrons. The van der Waals surface area contributed by atoms with Crippen LogP contribution < -0.4 is 15.6 Å². The van der Waals surface area contributed by atoms with Gasteiger partial charge in [-0.25, -0.2) is 0 Å². The Morgan fingerprint density at radius 3 is 2.45 bits per heavy atom. The van der Waals surface area contributed by atoms with Crippen LogP contribution in [0.4, 0.5) is 0 Å². The quantitative estimate of drug-likeness (QED) is 0.568. The normalized spacial score (nSPS) is 15.4. The second-order valence-corrected chi connectivity index (χ2v) is 8.22. The number of nitrogens with one attached hydrogen (secondary N) is 2. The van der Waals surface area contributed by atoms with E-state index in [4.69, 9.17) is 4.74 Å². The van der Waals surface area contributed by atoms with Crippen molar-refractivity contribution in [2.24, 2.45) is 0 Å². The minimum absolute atomic E-state index is 0.207. The Bertz CT molecular complexity index is 1080. The maximum absolute atomic E-state index is 12.7. The molecule has 2 amide bonds. The number of fused-ring (bicyclic) bond motifs is 1. The van der Waals surface area contributed by atoms with Crippen LogP contribution in [0.1, 0.15) is 25.3 Å². The number of hydrazine groups is 1. The number of halogens is 1. The van der Waals surface area contributed by atoms with Crippen molar-refractivity contribution in [3.05, 3.63) is 76.8 Å². The van der Waals surface area contributed by atoms with Crippen LogP contribution in [0.15, 0.2) is 71.2 Å². The minimum Gasteiger partial charge on any atom is -0.481 e. The van der Waals surface area contributed by atoms with Gasteiger partial charge < -0.3 is 4.74 Å². The van der Waals surface area contributed by atoms with Crippen molar-refractivity contribution in [2.45, 2.75) is 31.3 Å². The molecular formula is C23H21BrN2O3. The Morgan fingerprint density at radius 1 is 0.966 bits per heavy atom. The summed E-state index contributed by atoms with van der Waals surface area (Å²) in [5.74, 6) is -0.0103. The van der Waals surface area contributed by atoms with E-state index in [1.165, 1.54) is 0 Å². The van der Waals surface area contributed by atoms with Gasteiger partial charge in [-0.05, 0) is 60.4 Å². The van der Waals surface area contributed by atoms with Gasteiger partial charge in [0.15, 0.2) is 6.10 Å². The third kappa shape index (κ3) is 4.12. The van der Waals surface area contributed by atoms with Crippen LogP contribution in [-0.2, 0) is 15.0 Å². The predicted octanol–water partition coefficient (Wildman–Crippen LogP) is 4.25. The fourth-order valence-electron chi connectivity index (χ4n) is 3.40. The fraction of sp³-hybridized carbons (Fsp3) is 0.217. The highest BCUT2D eigenvalue weighted by atomic mass is 79.9. The molecule has 0 bridgehead atoms. The molecule has 2 N–H and O–H groups in total. The van der Waals surface area contributed by atoms with Crippen molar-refractivity contribution in [1.82, 2.24) is 10.9 Å². The Balaban J connectivity index is 1.35. The van der Waals surface area contributed by atoms with Gasteiger partial charge in [0.1, 0.15) is 5.75 Å². The topological polar surface area (TPSA) is 67.4 Å². The second kappa shape index (κ2) is 7.87. The van der Waals surface area contributed by atoms with Gasteiger partial charge in [-0.1, -0.05) is 58.4 Å². The molecule has 29 heavy (non-hydrogen) atoms. The summed E-state index contributed by atoms with van der Waals surface area (Å²) >= 11 is 3.44. The lowest BCUT2D eigenvalue weighted by atomic mass is 9.95. The molecule has 6 heteroatoms. The van der Waals surface area contributed by atoms with Gasteiger partial charge >= 0.3 is 0 Å². The average molecular weight is 453 g/mol. The number of amides is 2. The Hall–Kier alpha value is -2.86. The van der Waals surface area contributed by atoms with Crippen LogP contribution in [-0.4, -0.2) is 17.9 Å². The van der Waals surface area contributed by atoms with Crippen molar-refractivity contribution in [2.75, 3.05) is 0 Å². The summed E-state index contributed by atoms with van der Waals surface area (Å²) in [5, 5.41) is 2.14. The standard InChI is InChI=1S/C23H21BrN2O3/c1-15(29-20-10-9-16-5-2-3-6-17(16)13-20)21(27)25-26-22(28)23(11-12-23)18-7-4-8-19(24)14-18/h2-10,13-15H,11-12H2,1H3,(H,25,27)(H,26,28). The molecule has 3 aromatic rings. The SMILES string of the molecule is CC(Oc1ccc2ccccc2c1)C(=O)NNC(=O)C1(c2cccc(Br)c2)CC1. The summed E-state index contributed by atoms with van der Waals surface area (Å²) in [5.41, 5.74) is 5.43. The number of carbonyl (C=O) groups excluding carboxylic acids is 2. The highest BCUT2D eigenvalue weighted by Gasteiger charge is 2.51. The first kappa shape index (κ1) is 19.5. The summed E-state index contributed by atoms with van der Waals surface area (Å²) in [6.07, 6.45) is 0.764. The van der Waals surface area contributed by atoms with Gasteiger partial charge in [-0.2, -0.15) is 0 Å². The first-order chi connectivity index (χ1) is 14.0. The molecule has 1 saturated carbocycles. The smallest absolute Gasteiger partial charge is 0.279 e. The maximum atomic E-state index is 12.7. The third-order valence-corrected chi connectivity index (χ3v) is 5.76. The molecule has 0 aromatic heterocycles. The lowest BCUT2D eigenvalue weighted by molar-refractivity contribution is -0.133. The van der Waals surface area contributed by atoms with Crippen LogP contribution in [0.5, 0.6) is 5.75 Å². The van der Waals surface area contributed by atoms with E-state index in [0.29, 0.717) is 5.75 Å². The third-order valence-electron chi connectivity index (χ3n) is 5.26. The van der Waals surface area contributed by atoms with Crippen molar-refractivity contribution in [3.8, 4) is 5.75 Å². The molecule has 1 unspecified atom stereocenters. The largest absolute Gasteiger partial charge is 0.481 e. The Kier molecular flexibility index (Phi) is 5.28. The lowest BCUT2D eigenvalue weighted by Gasteiger charge is -2.19. The van der Waals surface area contributed by atoms with Gasteiger partial charge in [0.2, 0.25) is 5.91 Å². The molecule has 0 saturated heterocycles. The summed E-state index contributed by atoms with van der Waals surface area (Å²) in [6, 6.07) is 21.3. The Labute approximate surface area is 177 Å². The van der Waals surface area contributed by atoms with Gasteiger partial charge in [0.05, 0.1) is 5.41 Å². The molecule has 1 aliphatic rings. The zero-order valence-corrected chi connectivity index (χ0v) is 17.5. The number of carbonyl (C=O) groups is 2. The number of benzene rings is 3. The molecule has 1 fully saturated rings. The minimum atomic E-state index is -0.752. The van der Waals surface area contributed by atoms with E-state index in [-0.39, 0.29) is 5.91 Å². The number of hydrogen-bond acceptors (Lipinski definition) is 3. The molecule has 1 atom stereocenters. The van der Waals surface area contributed by atoms with Gasteiger partial charge in [-0.15, -0.1) is 0 Å². The van der Waals surface area contributed by atoms with Gasteiger partial charge in [0.25, 0.3) is 5.91 Å². The van der Waals surface area contributed by atoms with Crippen LogP contribution in [0.3, 0.4) is 0 Å². The molecular weight excluding hydrogens is 432 g/mol. The summed E-state index contributed by atoms with van der Waals surface area (Å²) in [4.78, 5) is 25.1. The van der Waals surface area contributed by atoms with E-state index in [1.54, 1.807) is 6.92 Å². The zero-order valence-electron chi connectivity index (χ0n) is 15.9. The van der Waals surface area contributed by atoms with Crippen LogP contribution in [0.25, 0.3) is 10.8 Å². The van der Waals surface area contributed by atoms with Crippen LogP contribution >= 0.6 is 15.9 Å². The first-order valence-corrected chi connectivity index (χ1v) is 10.3. The average Bonchev–Trinajstić information content (AvgIpc) is 3.54. The van der Waals surface area contributed by atoms with Crippen molar-refractivity contribution < 1.29 is 14.3 Å². The van der Waals surface area contributed by atoms with E-state index in [9.17, 15) is 9.59 Å². The van der Waals surface area contributed by atoms with Crippen molar-refractivity contribution in [1.29, 1.82) is 0 Å². The van der Waals surface area contributed by atoms with Crippen molar-refractivity contribution >= 4 is 38.5 Å². The fourth-order valence-corrected chi connectivity index (χ4v) is 3.80. The van der Waals surface area contributed by atoms with Crippen molar-refractivity contribution in [3.63, 3.8) is 0 Å². The lowest BCUT2D eigenvalue weighted by Crippen LogP contribution is -2.50. The predicted molar refractivity (Wildman–Crippen MR) is 115 cm³/mol. The summed E-state index contributed by atoms with van der Waals surface area (Å²) in [7, 11) is 0. The van der Waals surface area contributed by atoms with Crippen LogP contribution in [0, 0.1) is 0 Å². The van der Waals surface area contributed by atoms with E-state index >= 15 is 0 Å². The van der Waals surface area contributed by atoms with Crippen LogP contribution in [0.2, 0.25) is 0 Å². The van der Waals surface area contributed by atoms with E-state index in [0.717, 1.165) is 33.7 Å². The van der Waals surface area contributed by atoms with E-state index < -0.39 is 17.4 Å². The molecule has 0 radical (unpaired) electrons. The van der Waals surface area contributed by atoms with Gasteiger partial charge in [0, 0.05) is 4.47 Å². The molecule has 5 nitrogen and oxygen atoms in total. The molecule has 1 aliphatic carbocycles. The van der Waals surface area contributed by atoms with Gasteiger partial charge in [-0.3, -0.25) is 20.4 Å². The zero-order chi connectivity index (χ0) is 20.4. The second-order valence-electron chi connectivity index (χ2n) is 7.30. The highest BCUT2D eigenvalue weighted by molar-refractivity contribution is 9.10. The molecule has 3 aromatic carbocycles. The Morgan fingerprint density at radius 2 is 1.72 bits per heavy atom. The molecule has 0 spiro atoms. The van der Waals surface area contributed by atoms with E-state index in [2.05, 4.69) is 26.8 Å². The number of hydrogen-bond donors (Lipinski definition) is 2. The monoisotopic (exact) mass is 452 g/mol. The maximum Gasteiger partial charge on any atom is 0.279 e. The molecule has 4 rings (SSSR count). The summed E-state index contributed by atoms with van der Waals surface area (Å²) in [6.45, 7) is 1.65. The highest BCUT2D eigenvalue weighted by Crippen LogP contribution is 2.48.